The number of ether oxygens (including phenoxy) is 1. The van der Waals surface area contributed by atoms with Crippen LogP contribution < -0.4 is 10.1 Å². The van der Waals surface area contributed by atoms with Gasteiger partial charge in [0.2, 0.25) is 0 Å². The Morgan fingerprint density at radius 1 is 1.16 bits per heavy atom. The highest BCUT2D eigenvalue weighted by Crippen LogP contribution is 2.21. The van der Waals surface area contributed by atoms with Crippen molar-refractivity contribution in [1.82, 2.24) is 10.3 Å². The van der Waals surface area contributed by atoms with Crippen molar-refractivity contribution < 1.29 is 14.3 Å². The molecule has 0 spiro atoms. The Labute approximate surface area is 149 Å². The lowest BCUT2D eigenvalue weighted by atomic mass is 10.00. The summed E-state index contributed by atoms with van der Waals surface area (Å²) in [4.78, 5) is 24.1. The van der Waals surface area contributed by atoms with Gasteiger partial charge < -0.3 is 10.1 Å². The number of carbonyl (C=O) groups is 2. The molecule has 1 aromatic rings. The predicted octanol–water partition coefficient (Wildman–Crippen LogP) is 3.70. The van der Waals surface area contributed by atoms with E-state index in [9.17, 15) is 9.59 Å². The number of hydrogen-bond donors (Lipinski definition) is 1. The fraction of sp³-hybridized carbons (Fsp3) is 0.526. The Bertz CT molecular complexity index is 627. The Morgan fingerprint density at radius 3 is 2.48 bits per heavy atom. The van der Waals surface area contributed by atoms with Crippen LogP contribution in [-0.2, 0) is 4.79 Å². The molecule has 2 rings (SSSR count). The van der Waals surface area contributed by atoms with Crippen LogP contribution in [-0.4, -0.2) is 35.3 Å². The summed E-state index contributed by atoms with van der Waals surface area (Å²) in [6.45, 7) is 6.45. The molecule has 1 N–H and O–H groups in total. The summed E-state index contributed by atoms with van der Waals surface area (Å²) >= 11 is 0. The first-order valence-electron chi connectivity index (χ1n) is 8.93. The Kier molecular flexibility index (Phi) is 6.56. The van der Waals surface area contributed by atoms with E-state index in [2.05, 4.69) is 17.3 Å². The van der Waals surface area contributed by atoms with Crippen LogP contribution in [0.1, 0.15) is 58.4 Å². The lowest BCUT2D eigenvalue weighted by Crippen LogP contribution is -2.42. The van der Waals surface area contributed by atoms with Crippen molar-refractivity contribution in [1.29, 1.82) is 0 Å². The minimum Gasteiger partial charge on any atom is -0.494 e. The van der Waals surface area contributed by atoms with Gasteiger partial charge in [0.1, 0.15) is 11.3 Å². The van der Waals surface area contributed by atoms with E-state index in [-0.39, 0.29) is 5.91 Å². The summed E-state index contributed by atoms with van der Waals surface area (Å²) in [6, 6.07) is 6.94. The van der Waals surface area contributed by atoms with Crippen molar-refractivity contribution in [3.8, 4) is 5.75 Å². The summed E-state index contributed by atoms with van der Waals surface area (Å²) in [5.41, 5.74) is -0.0757. The summed E-state index contributed by atoms with van der Waals surface area (Å²) in [5.74, 6) is 0.477. The summed E-state index contributed by atoms with van der Waals surface area (Å²) in [6.07, 6.45) is 6.71. The van der Waals surface area contributed by atoms with E-state index in [0.717, 1.165) is 22.7 Å². The van der Waals surface area contributed by atoms with Crippen molar-refractivity contribution in [2.75, 3.05) is 6.61 Å². The molecule has 1 atom stereocenters. The molecule has 0 aliphatic carbocycles. The molecule has 1 fully saturated rings. The largest absolute Gasteiger partial charge is 0.494 e. The molecule has 0 saturated carbocycles. The van der Waals surface area contributed by atoms with Gasteiger partial charge in [-0.15, -0.1) is 5.01 Å². The number of hydrazone groups is 1. The van der Waals surface area contributed by atoms with Crippen molar-refractivity contribution in [2.24, 2.45) is 5.10 Å². The fourth-order valence-electron chi connectivity index (χ4n) is 2.51. The first kappa shape index (κ1) is 19.0. The number of amides is 3. The molecule has 1 aliphatic heterocycles. The molecule has 1 unspecified atom stereocenters. The Hall–Kier alpha value is -2.37. The highest BCUT2D eigenvalue weighted by atomic mass is 16.5. The fourth-order valence-corrected chi connectivity index (χ4v) is 2.51. The topological polar surface area (TPSA) is 71.0 Å². The number of imide groups is 1. The van der Waals surface area contributed by atoms with Gasteiger partial charge in [-0.2, -0.15) is 5.10 Å². The van der Waals surface area contributed by atoms with E-state index >= 15 is 0 Å². The van der Waals surface area contributed by atoms with Crippen molar-refractivity contribution in [3.05, 3.63) is 29.8 Å². The van der Waals surface area contributed by atoms with Gasteiger partial charge in [0, 0.05) is 0 Å². The number of carbonyl (C=O) groups excluding carboxylic acids is 2. The quantitative estimate of drug-likeness (QED) is 0.421. The summed E-state index contributed by atoms with van der Waals surface area (Å²) in [7, 11) is 0. The van der Waals surface area contributed by atoms with E-state index in [1.807, 2.05) is 31.2 Å². The van der Waals surface area contributed by atoms with Crippen LogP contribution >= 0.6 is 0 Å². The van der Waals surface area contributed by atoms with Gasteiger partial charge in [0.25, 0.3) is 5.91 Å². The van der Waals surface area contributed by atoms with Crippen LogP contribution in [0.3, 0.4) is 0 Å². The molecule has 6 nitrogen and oxygen atoms in total. The molecular formula is C19H27N3O3. The van der Waals surface area contributed by atoms with E-state index in [4.69, 9.17) is 4.74 Å². The Morgan fingerprint density at radius 2 is 1.88 bits per heavy atom. The number of urea groups is 1. The smallest absolute Gasteiger partial charge is 0.346 e. The van der Waals surface area contributed by atoms with Gasteiger partial charge in [-0.05, 0) is 49.6 Å². The molecule has 1 saturated heterocycles. The van der Waals surface area contributed by atoms with Crippen LogP contribution in [0.5, 0.6) is 5.75 Å². The third kappa shape index (κ3) is 4.81. The zero-order valence-corrected chi connectivity index (χ0v) is 15.2. The number of rotatable bonds is 9. The van der Waals surface area contributed by atoms with E-state index < -0.39 is 11.6 Å². The average molecular weight is 345 g/mol. The second-order valence-corrected chi connectivity index (χ2v) is 6.46. The number of hydrogen-bond acceptors (Lipinski definition) is 4. The molecule has 1 aromatic carbocycles. The number of benzene rings is 1. The van der Waals surface area contributed by atoms with Gasteiger partial charge >= 0.3 is 6.03 Å². The SMILES string of the molecule is CCCCCCOc1ccc(C=NN2C(=O)NC(C)(CC)C2=O)cc1. The maximum atomic E-state index is 12.2. The second-order valence-electron chi connectivity index (χ2n) is 6.46. The van der Waals surface area contributed by atoms with Gasteiger partial charge in [-0.3, -0.25) is 4.79 Å². The lowest BCUT2D eigenvalue weighted by molar-refractivity contribution is -0.130. The molecule has 136 valence electrons. The molecule has 0 radical (unpaired) electrons. The van der Waals surface area contributed by atoms with Gasteiger partial charge in [-0.25, -0.2) is 4.79 Å². The van der Waals surface area contributed by atoms with E-state index in [1.54, 1.807) is 6.92 Å². The lowest BCUT2D eigenvalue weighted by Gasteiger charge is -2.17. The normalized spacial score (nSPS) is 20.4. The highest BCUT2D eigenvalue weighted by molar-refractivity contribution is 6.07. The highest BCUT2D eigenvalue weighted by Gasteiger charge is 2.46. The Balaban J connectivity index is 1.89. The monoisotopic (exact) mass is 345 g/mol. The minimum atomic E-state index is -0.871. The second kappa shape index (κ2) is 8.65. The molecule has 0 bridgehead atoms. The first-order valence-corrected chi connectivity index (χ1v) is 8.93. The molecule has 1 heterocycles. The van der Waals surface area contributed by atoms with E-state index in [0.29, 0.717) is 13.0 Å². The zero-order valence-electron chi connectivity index (χ0n) is 15.2. The van der Waals surface area contributed by atoms with Crippen LogP contribution in [0.4, 0.5) is 4.79 Å². The van der Waals surface area contributed by atoms with Gasteiger partial charge in [-0.1, -0.05) is 33.1 Å². The number of unbranched alkanes of at least 4 members (excludes halogenated alkanes) is 3. The summed E-state index contributed by atoms with van der Waals surface area (Å²) < 4.78 is 5.69. The predicted molar refractivity (Wildman–Crippen MR) is 97.7 cm³/mol. The number of nitrogens with one attached hydrogen (secondary N) is 1. The van der Waals surface area contributed by atoms with E-state index in [1.165, 1.54) is 25.5 Å². The first-order chi connectivity index (χ1) is 12.0. The van der Waals surface area contributed by atoms with Crippen LogP contribution in [0, 0.1) is 0 Å². The molecule has 0 aromatic heterocycles. The summed E-state index contributed by atoms with van der Waals surface area (Å²) in [5, 5.41) is 7.59. The van der Waals surface area contributed by atoms with Crippen LogP contribution in [0.2, 0.25) is 0 Å². The third-order valence-electron chi connectivity index (χ3n) is 4.42. The van der Waals surface area contributed by atoms with Crippen LogP contribution in [0.15, 0.2) is 29.4 Å². The maximum absolute atomic E-state index is 12.2. The third-order valence-corrected chi connectivity index (χ3v) is 4.42. The zero-order chi connectivity index (χ0) is 18.3. The van der Waals surface area contributed by atoms with Crippen molar-refractivity contribution in [2.45, 2.75) is 58.4 Å². The van der Waals surface area contributed by atoms with Gasteiger partial charge in [0.15, 0.2) is 0 Å². The van der Waals surface area contributed by atoms with Crippen LogP contribution in [0.25, 0.3) is 0 Å². The molecule has 1 aliphatic rings. The standard InChI is InChI=1S/C19H27N3O3/c1-4-6-7-8-13-25-16-11-9-15(10-12-16)14-20-22-17(23)19(3,5-2)21-18(22)24/h9-12,14H,4-8,13H2,1-3H3,(H,21,24). The maximum Gasteiger partial charge on any atom is 0.346 e. The molecule has 3 amide bonds. The van der Waals surface area contributed by atoms with Crippen molar-refractivity contribution >= 4 is 18.2 Å². The number of nitrogens with zero attached hydrogens (tertiary/aromatic N) is 2. The minimum absolute atomic E-state index is 0.330. The molecule has 25 heavy (non-hydrogen) atoms. The average Bonchev–Trinajstić information content (AvgIpc) is 2.83. The molecule has 6 heteroatoms. The van der Waals surface area contributed by atoms with Crippen molar-refractivity contribution in [3.63, 3.8) is 0 Å². The van der Waals surface area contributed by atoms with Gasteiger partial charge in [0.05, 0.1) is 12.8 Å². The molecular weight excluding hydrogens is 318 g/mol.